The molecule has 2 aromatic heterocycles. The van der Waals surface area contributed by atoms with Crippen molar-refractivity contribution < 1.29 is 40.6 Å². The Bertz CT molecular complexity index is 783. The van der Waals surface area contributed by atoms with Gasteiger partial charge in [0.15, 0.2) is 12.3 Å². The maximum Gasteiger partial charge on any atom is 0.574 e. The summed E-state index contributed by atoms with van der Waals surface area (Å²) in [6.45, 7) is -1.60. The average Bonchev–Trinajstić information content (AvgIpc) is 2.98. The minimum atomic E-state index is -4.85. The van der Waals surface area contributed by atoms with Gasteiger partial charge in [0, 0.05) is 6.07 Å². The zero-order valence-corrected chi connectivity index (χ0v) is 12.8. The Balaban J connectivity index is 1.53. The number of aromatic nitrogens is 2. The second kappa shape index (κ2) is 6.42. The van der Waals surface area contributed by atoms with E-state index in [1.54, 1.807) is 0 Å². The molecule has 2 aromatic rings. The molecule has 3 heterocycles. The SMILES string of the molecule is O=C(c1coc(COc2ccc(OC(F)(F)F)nc2)n1)N1CC(F)(F)C1. The zero-order valence-electron chi connectivity index (χ0n) is 12.8. The van der Waals surface area contributed by atoms with Gasteiger partial charge in [-0.2, -0.15) is 0 Å². The van der Waals surface area contributed by atoms with Crippen molar-refractivity contribution in [2.45, 2.75) is 18.9 Å². The minimum absolute atomic E-state index is 0.0174. The van der Waals surface area contributed by atoms with E-state index in [0.717, 1.165) is 23.4 Å². The summed E-state index contributed by atoms with van der Waals surface area (Å²) in [5.41, 5.74) is -0.147. The molecule has 0 saturated carbocycles. The van der Waals surface area contributed by atoms with E-state index in [-0.39, 0.29) is 23.9 Å². The second-order valence-electron chi connectivity index (χ2n) is 5.31. The summed E-state index contributed by atoms with van der Waals surface area (Å²) >= 11 is 0. The van der Waals surface area contributed by atoms with Crippen LogP contribution in [0, 0.1) is 0 Å². The van der Waals surface area contributed by atoms with Crippen LogP contribution in [0.25, 0.3) is 0 Å². The number of alkyl halides is 5. The van der Waals surface area contributed by atoms with Gasteiger partial charge in [-0.15, -0.1) is 13.2 Å². The fraction of sp³-hybridized carbons (Fsp3) is 0.357. The highest BCUT2D eigenvalue weighted by molar-refractivity contribution is 5.92. The van der Waals surface area contributed by atoms with Crippen molar-refractivity contribution in [1.29, 1.82) is 0 Å². The Hall–Kier alpha value is -2.92. The van der Waals surface area contributed by atoms with Gasteiger partial charge in [-0.1, -0.05) is 0 Å². The number of hydrogen-bond donors (Lipinski definition) is 0. The predicted molar refractivity (Wildman–Crippen MR) is 72.6 cm³/mol. The molecule has 1 aliphatic rings. The van der Waals surface area contributed by atoms with Gasteiger partial charge < -0.3 is 18.8 Å². The maximum absolute atomic E-state index is 12.8. The smallest absolute Gasteiger partial charge is 0.482 e. The summed E-state index contributed by atoms with van der Waals surface area (Å²) in [6.07, 6.45) is -2.84. The largest absolute Gasteiger partial charge is 0.574 e. The summed E-state index contributed by atoms with van der Waals surface area (Å²) in [5.74, 6) is -4.15. The summed E-state index contributed by atoms with van der Waals surface area (Å²) in [7, 11) is 0. The van der Waals surface area contributed by atoms with E-state index < -0.39 is 37.2 Å². The first-order valence-corrected chi connectivity index (χ1v) is 7.07. The highest BCUT2D eigenvalue weighted by Gasteiger charge is 2.47. The molecule has 1 saturated heterocycles. The number of pyridine rings is 1. The maximum atomic E-state index is 12.8. The Morgan fingerprint density at radius 1 is 1.31 bits per heavy atom. The van der Waals surface area contributed by atoms with Crippen LogP contribution >= 0.6 is 0 Å². The molecule has 0 N–H and O–H groups in total. The third kappa shape index (κ3) is 4.37. The number of carbonyl (C=O) groups excluding carboxylic acids is 1. The number of ether oxygens (including phenoxy) is 2. The average molecular weight is 379 g/mol. The van der Waals surface area contributed by atoms with Crippen LogP contribution in [-0.4, -0.2) is 46.1 Å². The third-order valence-electron chi connectivity index (χ3n) is 3.19. The Labute approximate surface area is 142 Å². The molecule has 7 nitrogen and oxygen atoms in total. The van der Waals surface area contributed by atoms with Crippen molar-refractivity contribution in [1.82, 2.24) is 14.9 Å². The first-order chi connectivity index (χ1) is 12.1. The van der Waals surface area contributed by atoms with E-state index in [1.165, 1.54) is 6.07 Å². The number of amides is 1. The van der Waals surface area contributed by atoms with Crippen LogP contribution in [0.3, 0.4) is 0 Å². The summed E-state index contributed by atoms with van der Waals surface area (Å²) in [5, 5.41) is 0. The van der Waals surface area contributed by atoms with E-state index >= 15 is 0 Å². The van der Waals surface area contributed by atoms with E-state index in [0.29, 0.717) is 0 Å². The molecule has 3 rings (SSSR count). The fourth-order valence-electron chi connectivity index (χ4n) is 2.07. The first kappa shape index (κ1) is 17.9. The summed E-state index contributed by atoms with van der Waals surface area (Å²) < 4.78 is 75.4. The molecule has 1 fully saturated rings. The normalized spacial score (nSPS) is 16.1. The van der Waals surface area contributed by atoms with Gasteiger partial charge >= 0.3 is 6.36 Å². The van der Waals surface area contributed by atoms with Gasteiger partial charge in [0.1, 0.15) is 12.0 Å². The Kier molecular flexibility index (Phi) is 4.42. The molecule has 12 heteroatoms. The van der Waals surface area contributed by atoms with Crippen molar-refractivity contribution in [2.75, 3.05) is 13.1 Å². The number of halogens is 5. The molecule has 1 aliphatic heterocycles. The van der Waals surface area contributed by atoms with E-state index in [4.69, 9.17) is 9.15 Å². The molecule has 1 amide bonds. The highest BCUT2D eigenvalue weighted by Crippen LogP contribution is 2.28. The molecule has 26 heavy (non-hydrogen) atoms. The Morgan fingerprint density at radius 3 is 2.62 bits per heavy atom. The third-order valence-corrected chi connectivity index (χ3v) is 3.19. The lowest BCUT2D eigenvalue weighted by Crippen LogP contribution is -2.58. The molecule has 0 spiro atoms. The number of nitrogens with zero attached hydrogens (tertiary/aromatic N) is 3. The van der Waals surface area contributed by atoms with Gasteiger partial charge in [0.05, 0.1) is 19.3 Å². The van der Waals surface area contributed by atoms with Gasteiger partial charge in [-0.3, -0.25) is 4.79 Å². The zero-order chi connectivity index (χ0) is 18.9. The number of hydrogen-bond acceptors (Lipinski definition) is 6. The van der Waals surface area contributed by atoms with Crippen LogP contribution in [0.2, 0.25) is 0 Å². The lowest BCUT2D eigenvalue weighted by Gasteiger charge is -2.38. The summed E-state index contributed by atoms with van der Waals surface area (Å²) in [4.78, 5) is 20.0. The van der Waals surface area contributed by atoms with Gasteiger partial charge in [0.2, 0.25) is 11.8 Å². The van der Waals surface area contributed by atoms with Crippen LogP contribution in [-0.2, 0) is 6.61 Å². The van der Waals surface area contributed by atoms with Gasteiger partial charge in [-0.05, 0) is 6.07 Å². The standard InChI is InChI=1S/C14H10F5N3O4/c15-13(16)6-22(7-13)12(23)9-4-25-11(21-9)5-24-8-1-2-10(20-3-8)26-14(17,18)19/h1-4H,5-7H2. The molecule has 0 radical (unpaired) electrons. The fourth-order valence-corrected chi connectivity index (χ4v) is 2.07. The monoisotopic (exact) mass is 379 g/mol. The lowest BCUT2D eigenvalue weighted by atomic mass is 10.1. The van der Waals surface area contributed by atoms with Crippen LogP contribution in [0.15, 0.2) is 29.0 Å². The summed E-state index contributed by atoms with van der Waals surface area (Å²) in [6, 6.07) is 2.14. The van der Waals surface area contributed by atoms with Crippen LogP contribution < -0.4 is 9.47 Å². The molecular formula is C14H10F5N3O4. The van der Waals surface area contributed by atoms with Crippen LogP contribution in [0.4, 0.5) is 22.0 Å². The van der Waals surface area contributed by atoms with Gasteiger partial charge in [-0.25, -0.2) is 18.7 Å². The predicted octanol–water partition coefficient (Wildman–Crippen LogP) is 2.64. The van der Waals surface area contributed by atoms with E-state index in [9.17, 15) is 26.7 Å². The first-order valence-electron chi connectivity index (χ1n) is 7.07. The number of carbonyl (C=O) groups is 1. The van der Waals surface area contributed by atoms with E-state index in [2.05, 4.69) is 14.7 Å². The quantitative estimate of drug-likeness (QED) is 0.744. The van der Waals surface area contributed by atoms with E-state index in [1.807, 2.05) is 0 Å². The molecule has 0 aromatic carbocycles. The number of rotatable bonds is 5. The lowest BCUT2D eigenvalue weighted by molar-refractivity contribution is -0.276. The van der Waals surface area contributed by atoms with Crippen molar-refractivity contribution >= 4 is 5.91 Å². The number of likely N-dealkylation sites (tertiary alicyclic amines) is 1. The topological polar surface area (TPSA) is 77.7 Å². The molecule has 0 atom stereocenters. The van der Waals surface area contributed by atoms with Crippen molar-refractivity contribution in [2.24, 2.45) is 0 Å². The van der Waals surface area contributed by atoms with Crippen molar-refractivity contribution in [3.05, 3.63) is 36.2 Å². The molecule has 0 unspecified atom stereocenters. The van der Waals surface area contributed by atoms with Crippen molar-refractivity contribution in [3.63, 3.8) is 0 Å². The highest BCUT2D eigenvalue weighted by atomic mass is 19.4. The Morgan fingerprint density at radius 2 is 2.04 bits per heavy atom. The minimum Gasteiger partial charge on any atom is -0.482 e. The van der Waals surface area contributed by atoms with Crippen molar-refractivity contribution in [3.8, 4) is 11.6 Å². The second-order valence-corrected chi connectivity index (χ2v) is 5.31. The molecule has 140 valence electrons. The molecule has 0 bridgehead atoms. The van der Waals surface area contributed by atoms with Crippen LogP contribution in [0.5, 0.6) is 11.6 Å². The van der Waals surface area contributed by atoms with Crippen LogP contribution in [0.1, 0.15) is 16.4 Å². The molecule has 0 aliphatic carbocycles. The number of oxazole rings is 1. The molecular weight excluding hydrogens is 369 g/mol. The van der Waals surface area contributed by atoms with Gasteiger partial charge in [0.25, 0.3) is 11.8 Å².